The first-order valence-corrected chi connectivity index (χ1v) is 9.62. The van der Waals surface area contributed by atoms with E-state index in [0.717, 1.165) is 30.2 Å². The van der Waals surface area contributed by atoms with Gasteiger partial charge in [-0.15, -0.1) is 0 Å². The molecule has 1 unspecified atom stereocenters. The van der Waals surface area contributed by atoms with Crippen LogP contribution in [0.4, 0.5) is 0 Å². The first-order valence-electron chi connectivity index (χ1n) is 7.76. The van der Waals surface area contributed by atoms with Crippen molar-refractivity contribution in [2.24, 2.45) is 5.10 Å². The van der Waals surface area contributed by atoms with Crippen molar-refractivity contribution in [2.75, 3.05) is 12.4 Å². The topological polar surface area (TPSA) is 76.0 Å². The van der Waals surface area contributed by atoms with E-state index in [2.05, 4.69) is 11.2 Å². The number of hydrogen-bond acceptors (Lipinski definition) is 7. The maximum absolute atomic E-state index is 12.4. The second kappa shape index (κ2) is 9.08. The summed E-state index contributed by atoms with van der Waals surface area (Å²) in [5.74, 6) is -0.377. The Balaban J connectivity index is 2.11. The van der Waals surface area contributed by atoms with Crippen LogP contribution in [0.3, 0.4) is 0 Å². The molecule has 0 fully saturated rings. The van der Waals surface area contributed by atoms with Crippen molar-refractivity contribution in [2.45, 2.75) is 38.5 Å². The van der Waals surface area contributed by atoms with Crippen LogP contribution in [0.15, 0.2) is 28.9 Å². The fourth-order valence-electron chi connectivity index (χ4n) is 2.19. The van der Waals surface area contributed by atoms with E-state index in [0.29, 0.717) is 10.8 Å². The molecule has 6 nitrogen and oxygen atoms in total. The molecule has 0 saturated heterocycles. The zero-order valence-electron chi connectivity index (χ0n) is 13.7. The zero-order chi connectivity index (χ0) is 17.5. The molecule has 1 amide bonds. The monoisotopic (exact) mass is 368 g/mol. The van der Waals surface area contributed by atoms with Crippen LogP contribution in [-0.2, 0) is 19.1 Å². The molecule has 2 rings (SSSR count). The average Bonchev–Trinajstić information content (AvgIpc) is 3.01. The Morgan fingerprint density at radius 2 is 2.25 bits per heavy atom. The van der Waals surface area contributed by atoms with Crippen molar-refractivity contribution >= 4 is 45.6 Å². The minimum atomic E-state index is -0.790. The van der Waals surface area contributed by atoms with Gasteiger partial charge in [-0.25, -0.2) is 9.80 Å². The summed E-state index contributed by atoms with van der Waals surface area (Å²) in [6.45, 7) is 3.43. The Morgan fingerprint density at radius 3 is 2.88 bits per heavy atom. The number of carbonyl (C=O) groups is 3. The van der Waals surface area contributed by atoms with E-state index in [1.807, 2.05) is 12.2 Å². The molecule has 0 aromatic rings. The van der Waals surface area contributed by atoms with Crippen molar-refractivity contribution in [3.05, 3.63) is 23.8 Å². The van der Waals surface area contributed by atoms with Crippen molar-refractivity contribution in [1.82, 2.24) is 5.01 Å². The summed E-state index contributed by atoms with van der Waals surface area (Å²) >= 11 is 2.33. The number of esters is 1. The molecular weight excluding hydrogens is 348 g/mol. The molecule has 130 valence electrons. The lowest BCUT2D eigenvalue weighted by Crippen LogP contribution is -2.38. The largest absolute Gasteiger partial charge is 0.464 e. The number of ether oxygens (including phenoxy) is 1. The number of thioether (sulfide) groups is 2. The molecule has 1 heterocycles. The van der Waals surface area contributed by atoms with E-state index in [9.17, 15) is 14.4 Å². The van der Waals surface area contributed by atoms with Gasteiger partial charge in [-0.05, 0) is 25.3 Å². The number of allylic oxidation sites excluding steroid dienone is 3. The van der Waals surface area contributed by atoms with E-state index >= 15 is 0 Å². The molecule has 0 spiro atoms. The fraction of sp³-hybridized carbons (Fsp3) is 0.500. The lowest BCUT2D eigenvalue weighted by Gasteiger charge is -2.18. The van der Waals surface area contributed by atoms with Crippen molar-refractivity contribution in [3.8, 4) is 0 Å². The first-order chi connectivity index (χ1) is 11.5. The maximum Gasteiger partial charge on any atom is 0.341 e. The Morgan fingerprint density at radius 1 is 1.46 bits per heavy atom. The summed E-state index contributed by atoms with van der Waals surface area (Å²) in [5.41, 5.74) is 1.02. The standard InChI is InChI=1S/C16H20N2O4S2/c1-3-22-16(21)15-18(13(20)9-10-23-11(2)19)17-14(24-15)12-7-5-4-6-8-12/h4-5,7,15H,3,6,8-10H2,1-2H3. The van der Waals surface area contributed by atoms with Crippen LogP contribution in [0.5, 0.6) is 0 Å². The molecule has 0 aromatic heterocycles. The highest BCUT2D eigenvalue weighted by Crippen LogP contribution is 2.33. The van der Waals surface area contributed by atoms with Gasteiger partial charge in [0.05, 0.1) is 6.61 Å². The summed E-state index contributed by atoms with van der Waals surface area (Å²) < 4.78 is 5.06. The molecule has 8 heteroatoms. The van der Waals surface area contributed by atoms with Gasteiger partial charge >= 0.3 is 5.97 Å². The van der Waals surface area contributed by atoms with Crippen LogP contribution in [-0.4, -0.2) is 44.8 Å². The van der Waals surface area contributed by atoms with E-state index in [1.165, 1.54) is 23.7 Å². The number of carbonyl (C=O) groups excluding carboxylic acids is 3. The van der Waals surface area contributed by atoms with Crippen molar-refractivity contribution < 1.29 is 19.1 Å². The Bertz CT molecular complexity index is 613. The molecule has 1 aliphatic carbocycles. The van der Waals surface area contributed by atoms with Crippen molar-refractivity contribution in [3.63, 3.8) is 0 Å². The van der Waals surface area contributed by atoms with Crippen LogP contribution in [0.25, 0.3) is 0 Å². The second-order valence-electron chi connectivity index (χ2n) is 5.11. The van der Waals surface area contributed by atoms with E-state index in [4.69, 9.17) is 4.74 Å². The first kappa shape index (κ1) is 18.8. The lowest BCUT2D eigenvalue weighted by molar-refractivity contribution is -0.150. The molecule has 1 aliphatic heterocycles. The van der Waals surface area contributed by atoms with Crippen LogP contribution in [0.1, 0.15) is 33.1 Å². The summed E-state index contributed by atoms with van der Waals surface area (Å²) in [6, 6.07) is 0. The Kier molecular flexibility index (Phi) is 7.11. The highest BCUT2D eigenvalue weighted by molar-refractivity contribution is 8.15. The van der Waals surface area contributed by atoms with Gasteiger partial charge in [0.15, 0.2) is 5.12 Å². The van der Waals surface area contributed by atoms with Gasteiger partial charge in [0.25, 0.3) is 0 Å². The molecule has 0 radical (unpaired) electrons. The van der Waals surface area contributed by atoms with E-state index < -0.39 is 11.3 Å². The van der Waals surface area contributed by atoms with Gasteiger partial charge in [-0.3, -0.25) is 9.59 Å². The number of rotatable bonds is 6. The molecular formula is C16H20N2O4S2. The van der Waals surface area contributed by atoms with Gasteiger partial charge in [0.2, 0.25) is 11.3 Å². The zero-order valence-corrected chi connectivity index (χ0v) is 15.3. The minimum absolute atomic E-state index is 0.0381. The van der Waals surface area contributed by atoms with Crippen LogP contribution < -0.4 is 0 Å². The van der Waals surface area contributed by atoms with Gasteiger partial charge in [0.1, 0.15) is 5.04 Å². The highest BCUT2D eigenvalue weighted by atomic mass is 32.2. The quantitative estimate of drug-likeness (QED) is 0.671. The lowest BCUT2D eigenvalue weighted by atomic mass is 10.1. The summed E-state index contributed by atoms with van der Waals surface area (Å²) in [5, 5.41) is 5.42. The third kappa shape index (κ3) is 4.98. The van der Waals surface area contributed by atoms with Crippen LogP contribution in [0, 0.1) is 0 Å². The average molecular weight is 368 g/mol. The SMILES string of the molecule is CCOC(=O)C1SC(C2=CC=CCC2)=NN1C(=O)CCSC(C)=O. The van der Waals surface area contributed by atoms with Gasteiger partial charge in [0, 0.05) is 19.1 Å². The van der Waals surface area contributed by atoms with E-state index in [1.54, 1.807) is 6.92 Å². The smallest absolute Gasteiger partial charge is 0.341 e. The number of nitrogens with zero attached hydrogens (tertiary/aromatic N) is 2. The molecule has 24 heavy (non-hydrogen) atoms. The predicted molar refractivity (Wildman–Crippen MR) is 96.5 cm³/mol. The summed E-state index contributed by atoms with van der Waals surface area (Å²) in [7, 11) is 0. The number of amides is 1. The molecule has 0 saturated carbocycles. The highest BCUT2D eigenvalue weighted by Gasteiger charge is 2.39. The molecule has 2 aliphatic rings. The maximum atomic E-state index is 12.4. The third-order valence-electron chi connectivity index (χ3n) is 3.30. The van der Waals surface area contributed by atoms with E-state index in [-0.39, 0.29) is 24.1 Å². The molecule has 1 atom stereocenters. The van der Waals surface area contributed by atoms with Crippen LogP contribution in [0.2, 0.25) is 0 Å². The normalized spacial score (nSPS) is 19.8. The van der Waals surface area contributed by atoms with Gasteiger partial charge in [-0.1, -0.05) is 41.8 Å². The van der Waals surface area contributed by atoms with Gasteiger partial charge < -0.3 is 4.74 Å². The fourth-order valence-corrected chi connectivity index (χ4v) is 3.86. The molecule has 0 bridgehead atoms. The number of hydrazone groups is 1. The van der Waals surface area contributed by atoms with Crippen molar-refractivity contribution in [1.29, 1.82) is 0 Å². The molecule has 0 aromatic carbocycles. The van der Waals surface area contributed by atoms with Gasteiger partial charge in [-0.2, -0.15) is 5.10 Å². The Labute approximate surface area is 149 Å². The Hall–Kier alpha value is -1.54. The molecule has 0 N–H and O–H groups in total. The summed E-state index contributed by atoms with van der Waals surface area (Å²) in [6.07, 6.45) is 7.87. The summed E-state index contributed by atoms with van der Waals surface area (Å²) in [4.78, 5) is 35.6. The third-order valence-corrected chi connectivity index (χ3v) is 5.29. The number of hydrogen-bond donors (Lipinski definition) is 0. The second-order valence-corrected chi connectivity index (χ2v) is 7.46. The predicted octanol–water partition coefficient (Wildman–Crippen LogP) is 2.71. The van der Waals surface area contributed by atoms with Crippen LogP contribution >= 0.6 is 23.5 Å². The minimum Gasteiger partial charge on any atom is -0.464 e.